The number of thioether (sulfide) groups is 1. The minimum atomic E-state index is 0.0198. The molecule has 0 radical (unpaired) electrons. The predicted octanol–water partition coefficient (Wildman–Crippen LogP) is 2.50. The van der Waals surface area contributed by atoms with E-state index in [1.807, 2.05) is 13.2 Å². The summed E-state index contributed by atoms with van der Waals surface area (Å²) < 4.78 is 0. The molecule has 0 unspecified atom stereocenters. The van der Waals surface area contributed by atoms with E-state index in [0.29, 0.717) is 0 Å². The van der Waals surface area contributed by atoms with Gasteiger partial charge in [0, 0.05) is 12.3 Å². The van der Waals surface area contributed by atoms with Crippen LogP contribution >= 0.6 is 23.1 Å². The number of hydrogen-bond donors (Lipinski definition) is 1. The number of thiazole rings is 1. The van der Waals surface area contributed by atoms with E-state index in [9.17, 15) is 4.79 Å². The molecule has 3 nitrogen and oxygen atoms in total. The second-order valence-corrected chi connectivity index (χ2v) is 5.59. The first kappa shape index (κ1) is 13.5. The van der Waals surface area contributed by atoms with Gasteiger partial charge < -0.3 is 5.32 Å². The molecule has 0 aliphatic rings. The first-order valence-corrected chi connectivity index (χ1v) is 7.63. The van der Waals surface area contributed by atoms with Gasteiger partial charge in [0.25, 0.3) is 5.91 Å². The molecule has 0 aliphatic carbocycles. The van der Waals surface area contributed by atoms with Crippen molar-refractivity contribution in [3.63, 3.8) is 0 Å². The summed E-state index contributed by atoms with van der Waals surface area (Å²) in [7, 11) is 0. The zero-order chi connectivity index (χ0) is 12.0. The third-order valence-electron chi connectivity index (χ3n) is 2.10. The van der Waals surface area contributed by atoms with Gasteiger partial charge >= 0.3 is 0 Å². The molecular formula is C11H18N2OS2. The van der Waals surface area contributed by atoms with Crippen LogP contribution in [0.5, 0.6) is 0 Å². The number of nitrogens with one attached hydrogen (secondary N) is 1. The predicted molar refractivity (Wildman–Crippen MR) is 71.6 cm³/mol. The molecule has 1 N–H and O–H groups in total. The third kappa shape index (κ3) is 3.79. The van der Waals surface area contributed by atoms with Gasteiger partial charge in [-0.05, 0) is 26.0 Å². The molecule has 16 heavy (non-hydrogen) atoms. The van der Waals surface area contributed by atoms with E-state index in [2.05, 4.69) is 17.2 Å². The lowest BCUT2D eigenvalue weighted by atomic mass is 10.3. The molecule has 0 fully saturated rings. The first-order chi connectivity index (χ1) is 7.69. The SMILES string of the molecule is CCCc1nc(C)c(C(=O)NCCSC)s1. The van der Waals surface area contributed by atoms with Crippen molar-refractivity contribution in [1.29, 1.82) is 0 Å². The molecule has 0 saturated heterocycles. The van der Waals surface area contributed by atoms with Gasteiger partial charge in [0.2, 0.25) is 0 Å². The molecule has 0 atom stereocenters. The van der Waals surface area contributed by atoms with E-state index in [4.69, 9.17) is 0 Å². The van der Waals surface area contributed by atoms with Crippen LogP contribution in [0, 0.1) is 6.92 Å². The Hall–Kier alpha value is -0.550. The maximum Gasteiger partial charge on any atom is 0.263 e. The summed E-state index contributed by atoms with van der Waals surface area (Å²) in [5.74, 6) is 0.970. The van der Waals surface area contributed by atoms with Crippen LogP contribution in [-0.2, 0) is 6.42 Å². The average molecular weight is 258 g/mol. The molecule has 90 valence electrons. The Balaban J connectivity index is 2.60. The summed E-state index contributed by atoms with van der Waals surface area (Å²) in [6.45, 7) is 4.74. The number of carbonyl (C=O) groups excluding carboxylic acids is 1. The normalized spacial score (nSPS) is 10.4. The number of aromatic nitrogens is 1. The van der Waals surface area contributed by atoms with Crippen molar-refractivity contribution in [2.75, 3.05) is 18.6 Å². The number of rotatable bonds is 6. The fourth-order valence-corrected chi connectivity index (χ4v) is 2.72. The molecular weight excluding hydrogens is 240 g/mol. The maximum atomic E-state index is 11.8. The van der Waals surface area contributed by atoms with Crippen molar-refractivity contribution >= 4 is 29.0 Å². The van der Waals surface area contributed by atoms with Gasteiger partial charge in [-0.2, -0.15) is 11.8 Å². The second kappa shape index (κ2) is 6.91. The van der Waals surface area contributed by atoms with Gasteiger partial charge in [-0.1, -0.05) is 6.92 Å². The Kier molecular flexibility index (Phi) is 5.84. The summed E-state index contributed by atoms with van der Waals surface area (Å²) in [6, 6.07) is 0. The highest BCUT2D eigenvalue weighted by molar-refractivity contribution is 7.98. The summed E-state index contributed by atoms with van der Waals surface area (Å²) in [4.78, 5) is 17.0. The lowest BCUT2D eigenvalue weighted by Gasteiger charge is -2.01. The van der Waals surface area contributed by atoms with Gasteiger partial charge in [-0.15, -0.1) is 11.3 Å². The zero-order valence-electron chi connectivity index (χ0n) is 10.0. The van der Waals surface area contributed by atoms with Gasteiger partial charge in [0.1, 0.15) is 4.88 Å². The molecule has 1 rings (SSSR count). The molecule has 0 bridgehead atoms. The molecule has 0 saturated carbocycles. The van der Waals surface area contributed by atoms with Crippen LogP contribution in [0.4, 0.5) is 0 Å². The fraction of sp³-hybridized carbons (Fsp3) is 0.636. The van der Waals surface area contributed by atoms with Crippen LogP contribution in [0.3, 0.4) is 0 Å². The smallest absolute Gasteiger partial charge is 0.263 e. The molecule has 0 aromatic carbocycles. The van der Waals surface area contributed by atoms with E-state index >= 15 is 0 Å². The zero-order valence-corrected chi connectivity index (χ0v) is 11.6. The quantitative estimate of drug-likeness (QED) is 0.797. The summed E-state index contributed by atoms with van der Waals surface area (Å²) in [5.41, 5.74) is 0.857. The first-order valence-electron chi connectivity index (χ1n) is 5.42. The molecule has 0 spiro atoms. The Bertz CT molecular complexity index is 350. The number of amides is 1. The highest BCUT2D eigenvalue weighted by atomic mass is 32.2. The summed E-state index contributed by atoms with van der Waals surface area (Å²) >= 11 is 3.25. The second-order valence-electron chi connectivity index (χ2n) is 3.52. The van der Waals surface area contributed by atoms with E-state index in [1.54, 1.807) is 11.8 Å². The molecule has 0 aliphatic heterocycles. The number of aryl methyl sites for hydroxylation is 2. The van der Waals surface area contributed by atoms with Crippen molar-refractivity contribution in [3.8, 4) is 0 Å². The third-order valence-corrected chi connectivity index (χ3v) is 3.93. The van der Waals surface area contributed by atoms with Crippen molar-refractivity contribution in [3.05, 3.63) is 15.6 Å². The van der Waals surface area contributed by atoms with Crippen molar-refractivity contribution in [1.82, 2.24) is 10.3 Å². The maximum absolute atomic E-state index is 11.8. The molecule has 5 heteroatoms. The van der Waals surface area contributed by atoms with Gasteiger partial charge in [0.05, 0.1) is 10.7 Å². The van der Waals surface area contributed by atoms with Crippen LogP contribution in [0.15, 0.2) is 0 Å². The largest absolute Gasteiger partial charge is 0.350 e. The van der Waals surface area contributed by atoms with Crippen LogP contribution in [-0.4, -0.2) is 29.4 Å². The van der Waals surface area contributed by atoms with Crippen molar-refractivity contribution < 1.29 is 4.79 Å². The van der Waals surface area contributed by atoms with Crippen LogP contribution in [0.1, 0.15) is 33.7 Å². The van der Waals surface area contributed by atoms with Crippen molar-refractivity contribution in [2.45, 2.75) is 26.7 Å². The van der Waals surface area contributed by atoms with Crippen molar-refractivity contribution in [2.24, 2.45) is 0 Å². The Morgan fingerprint density at radius 1 is 1.56 bits per heavy atom. The molecule has 1 amide bonds. The molecule has 1 aromatic rings. The van der Waals surface area contributed by atoms with E-state index < -0.39 is 0 Å². The Morgan fingerprint density at radius 2 is 2.31 bits per heavy atom. The topological polar surface area (TPSA) is 42.0 Å². The standard InChI is InChI=1S/C11H18N2OS2/c1-4-5-9-13-8(2)10(16-9)11(14)12-6-7-15-3/h4-7H2,1-3H3,(H,12,14). The monoisotopic (exact) mass is 258 g/mol. The van der Waals surface area contributed by atoms with E-state index in [1.165, 1.54) is 11.3 Å². The Labute approximate surface area is 105 Å². The highest BCUT2D eigenvalue weighted by Crippen LogP contribution is 2.19. The van der Waals surface area contributed by atoms with E-state index in [0.717, 1.165) is 40.7 Å². The van der Waals surface area contributed by atoms with Gasteiger partial charge in [-0.3, -0.25) is 4.79 Å². The molecule has 1 heterocycles. The average Bonchev–Trinajstić information content (AvgIpc) is 2.60. The summed E-state index contributed by atoms with van der Waals surface area (Å²) in [6.07, 6.45) is 4.06. The summed E-state index contributed by atoms with van der Waals surface area (Å²) in [5, 5.41) is 3.97. The van der Waals surface area contributed by atoms with Gasteiger partial charge in [0.15, 0.2) is 0 Å². The molecule has 1 aromatic heterocycles. The van der Waals surface area contributed by atoms with Crippen LogP contribution < -0.4 is 5.32 Å². The van der Waals surface area contributed by atoms with E-state index in [-0.39, 0.29) is 5.91 Å². The van der Waals surface area contributed by atoms with Crippen LogP contribution in [0.2, 0.25) is 0 Å². The number of hydrogen-bond acceptors (Lipinski definition) is 4. The highest BCUT2D eigenvalue weighted by Gasteiger charge is 2.13. The Morgan fingerprint density at radius 3 is 2.94 bits per heavy atom. The number of carbonyl (C=O) groups is 1. The van der Waals surface area contributed by atoms with Crippen LogP contribution in [0.25, 0.3) is 0 Å². The number of nitrogens with zero attached hydrogens (tertiary/aromatic N) is 1. The lowest BCUT2D eigenvalue weighted by molar-refractivity contribution is 0.0959. The fourth-order valence-electron chi connectivity index (χ4n) is 1.33. The minimum Gasteiger partial charge on any atom is -0.350 e. The minimum absolute atomic E-state index is 0.0198. The van der Waals surface area contributed by atoms with Gasteiger partial charge in [-0.25, -0.2) is 4.98 Å². The lowest BCUT2D eigenvalue weighted by Crippen LogP contribution is -2.25.